The number of anilines is 1. The summed E-state index contributed by atoms with van der Waals surface area (Å²) in [7, 11) is 1.80. The zero-order valence-electron chi connectivity index (χ0n) is 16.9. The molecular weight excluding hydrogens is 364 g/mol. The second-order valence-corrected chi connectivity index (χ2v) is 7.21. The Labute approximate surface area is 168 Å². The van der Waals surface area contributed by atoms with Crippen molar-refractivity contribution in [2.75, 3.05) is 5.32 Å². The minimum Gasteiger partial charge on any atom is -0.316 e. The van der Waals surface area contributed by atoms with E-state index in [0.29, 0.717) is 17.0 Å². The maximum Gasteiger partial charge on any atom is 0.295 e. The largest absolute Gasteiger partial charge is 0.316 e. The molecule has 6 nitrogen and oxygen atoms in total. The molecule has 0 saturated carbocycles. The Hall–Kier alpha value is -3.67. The average Bonchev–Trinajstić information content (AvgIpc) is 2.91. The van der Waals surface area contributed by atoms with Crippen molar-refractivity contribution < 1.29 is 4.79 Å². The number of benzene rings is 2. The van der Waals surface area contributed by atoms with Gasteiger partial charge in [0.1, 0.15) is 5.69 Å². The van der Waals surface area contributed by atoms with Crippen molar-refractivity contribution in [2.45, 2.75) is 20.8 Å². The number of nitrogens with one attached hydrogen (secondary N) is 1. The third kappa shape index (κ3) is 3.23. The van der Waals surface area contributed by atoms with Crippen LogP contribution < -0.4 is 10.9 Å². The monoisotopic (exact) mass is 386 g/mol. The molecule has 0 aliphatic carbocycles. The van der Waals surface area contributed by atoms with E-state index in [0.717, 1.165) is 22.2 Å². The molecule has 0 bridgehead atoms. The average molecular weight is 386 g/mol. The number of carbonyl (C=O) groups is 1. The highest BCUT2D eigenvalue weighted by molar-refractivity contribution is 6.07. The van der Waals surface area contributed by atoms with Gasteiger partial charge in [0.15, 0.2) is 0 Å². The van der Waals surface area contributed by atoms with Crippen LogP contribution in [0, 0.1) is 20.8 Å². The number of carbonyl (C=O) groups excluding carboxylic acids is 1. The number of hydrogen-bond acceptors (Lipinski definition) is 3. The zero-order chi connectivity index (χ0) is 20.7. The Bertz CT molecular complexity index is 1300. The molecule has 0 aliphatic rings. The van der Waals surface area contributed by atoms with E-state index in [1.807, 2.05) is 68.4 Å². The molecular formula is C23H22N4O2. The second kappa shape index (κ2) is 7.05. The Morgan fingerprint density at radius 1 is 1.00 bits per heavy atom. The topological polar surface area (TPSA) is 68.9 Å². The second-order valence-electron chi connectivity index (χ2n) is 7.21. The summed E-state index contributed by atoms with van der Waals surface area (Å²) < 4.78 is 3.28. The predicted octanol–water partition coefficient (Wildman–Crippen LogP) is 3.90. The van der Waals surface area contributed by atoms with Gasteiger partial charge in [-0.2, -0.15) is 0 Å². The van der Waals surface area contributed by atoms with Crippen molar-refractivity contribution in [3.8, 4) is 5.69 Å². The van der Waals surface area contributed by atoms with Gasteiger partial charge in [-0.3, -0.25) is 19.3 Å². The normalized spacial score (nSPS) is 11.0. The molecule has 146 valence electrons. The molecule has 0 fully saturated rings. The van der Waals surface area contributed by atoms with Gasteiger partial charge in [-0.15, -0.1) is 0 Å². The van der Waals surface area contributed by atoms with Gasteiger partial charge < -0.3 is 5.32 Å². The van der Waals surface area contributed by atoms with Crippen LogP contribution in [0.25, 0.3) is 16.6 Å². The summed E-state index contributed by atoms with van der Waals surface area (Å²) in [6.07, 6.45) is 0. The van der Waals surface area contributed by atoms with Crippen LogP contribution in [0.4, 0.5) is 5.69 Å². The summed E-state index contributed by atoms with van der Waals surface area (Å²) in [4.78, 5) is 30.6. The summed E-state index contributed by atoms with van der Waals surface area (Å²) in [5, 5.41) is 3.71. The number of pyridine rings is 1. The van der Waals surface area contributed by atoms with Crippen molar-refractivity contribution in [2.24, 2.45) is 7.05 Å². The van der Waals surface area contributed by atoms with Crippen LogP contribution in [-0.4, -0.2) is 20.3 Å². The molecule has 4 rings (SSSR count). The van der Waals surface area contributed by atoms with E-state index < -0.39 is 0 Å². The number of hydrogen-bond donors (Lipinski definition) is 1. The maximum atomic E-state index is 13.0. The molecule has 0 spiro atoms. The molecule has 0 radical (unpaired) electrons. The standard InChI is InChI=1S/C23H22N4O2/c1-14-10-11-20-17(12-14)13-19(15(2)24-20)22(28)25-21-16(3)26(4)27(23(21)29)18-8-6-5-7-9-18/h5-13H,1-4H3,(H,25,28). The number of para-hydroxylation sites is 1. The molecule has 4 aromatic rings. The van der Waals surface area contributed by atoms with E-state index in [9.17, 15) is 9.59 Å². The summed E-state index contributed by atoms with van der Waals surface area (Å²) in [5.41, 5.74) is 4.42. The summed E-state index contributed by atoms with van der Waals surface area (Å²) >= 11 is 0. The van der Waals surface area contributed by atoms with Crippen LogP contribution in [0.15, 0.2) is 59.4 Å². The number of rotatable bonds is 3. The van der Waals surface area contributed by atoms with Gasteiger partial charge in [0.25, 0.3) is 11.5 Å². The van der Waals surface area contributed by atoms with Crippen LogP contribution in [0.3, 0.4) is 0 Å². The molecule has 2 aromatic heterocycles. The fourth-order valence-electron chi connectivity index (χ4n) is 3.52. The molecule has 0 saturated heterocycles. The van der Waals surface area contributed by atoms with Gasteiger partial charge in [0.05, 0.1) is 28.2 Å². The highest BCUT2D eigenvalue weighted by Gasteiger charge is 2.20. The van der Waals surface area contributed by atoms with Crippen LogP contribution in [-0.2, 0) is 7.05 Å². The maximum absolute atomic E-state index is 13.0. The molecule has 0 aliphatic heterocycles. The van der Waals surface area contributed by atoms with E-state index >= 15 is 0 Å². The highest BCUT2D eigenvalue weighted by atomic mass is 16.2. The highest BCUT2D eigenvalue weighted by Crippen LogP contribution is 2.20. The smallest absolute Gasteiger partial charge is 0.295 e. The van der Waals surface area contributed by atoms with Crippen LogP contribution in [0.2, 0.25) is 0 Å². The molecule has 1 N–H and O–H groups in total. The van der Waals surface area contributed by atoms with Gasteiger partial charge in [-0.1, -0.05) is 29.8 Å². The number of aromatic nitrogens is 3. The fraction of sp³-hybridized carbons (Fsp3) is 0.174. The molecule has 29 heavy (non-hydrogen) atoms. The lowest BCUT2D eigenvalue weighted by Crippen LogP contribution is -2.23. The summed E-state index contributed by atoms with van der Waals surface area (Å²) in [5.74, 6) is -0.343. The lowest BCUT2D eigenvalue weighted by atomic mass is 10.1. The Morgan fingerprint density at radius 2 is 1.72 bits per heavy atom. The van der Waals surface area contributed by atoms with Crippen molar-refractivity contribution in [1.82, 2.24) is 14.3 Å². The molecule has 2 aromatic carbocycles. The number of amides is 1. The molecule has 0 unspecified atom stereocenters. The minimum atomic E-state index is -0.343. The van der Waals surface area contributed by atoms with Crippen LogP contribution >= 0.6 is 0 Å². The van der Waals surface area contributed by atoms with Crippen LogP contribution in [0.1, 0.15) is 27.3 Å². The van der Waals surface area contributed by atoms with E-state index in [-0.39, 0.29) is 17.2 Å². The SMILES string of the molecule is Cc1ccc2nc(C)c(C(=O)Nc3c(C)n(C)n(-c4ccccc4)c3=O)cc2c1. The lowest BCUT2D eigenvalue weighted by molar-refractivity contribution is 0.102. The van der Waals surface area contributed by atoms with Gasteiger partial charge in [0, 0.05) is 12.4 Å². The van der Waals surface area contributed by atoms with Crippen molar-refractivity contribution in [1.29, 1.82) is 0 Å². The van der Waals surface area contributed by atoms with E-state index in [2.05, 4.69) is 10.3 Å². The Balaban J connectivity index is 1.75. The van der Waals surface area contributed by atoms with Gasteiger partial charge >= 0.3 is 0 Å². The van der Waals surface area contributed by atoms with Crippen molar-refractivity contribution >= 4 is 22.5 Å². The third-order valence-electron chi connectivity index (χ3n) is 5.20. The zero-order valence-corrected chi connectivity index (χ0v) is 16.9. The number of nitrogens with zero attached hydrogens (tertiary/aromatic N) is 3. The van der Waals surface area contributed by atoms with Gasteiger partial charge in [-0.05, 0) is 51.1 Å². The molecule has 1 amide bonds. The molecule has 6 heteroatoms. The van der Waals surface area contributed by atoms with Crippen molar-refractivity contribution in [3.63, 3.8) is 0 Å². The first-order valence-electron chi connectivity index (χ1n) is 9.40. The number of fused-ring (bicyclic) bond motifs is 1. The number of aryl methyl sites for hydroxylation is 2. The summed E-state index contributed by atoms with van der Waals surface area (Å²) in [6.45, 7) is 5.61. The molecule has 2 heterocycles. The van der Waals surface area contributed by atoms with E-state index in [1.54, 1.807) is 23.3 Å². The first kappa shape index (κ1) is 18.7. The Kier molecular flexibility index (Phi) is 4.54. The minimum absolute atomic E-state index is 0.269. The lowest BCUT2D eigenvalue weighted by Gasteiger charge is -2.09. The molecule has 0 atom stereocenters. The summed E-state index contributed by atoms with van der Waals surface area (Å²) in [6, 6.07) is 17.1. The van der Waals surface area contributed by atoms with E-state index in [1.165, 1.54) is 0 Å². The van der Waals surface area contributed by atoms with Gasteiger partial charge in [-0.25, -0.2) is 4.68 Å². The van der Waals surface area contributed by atoms with Crippen LogP contribution in [0.5, 0.6) is 0 Å². The third-order valence-corrected chi connectivity index (χ3v) is 5.20. The first-order valence-corrected chi connectivity index (χ1v) is 9.40. The first-order chi connectivity index (χ1) is 13.9. The van der Waals surface area contributed by atoms with Gasteiger partial charge in [0.2, 0.25) is 0 Å². The van der Waals surface area contributed by atoms with Crippen molar-refractivity contribution in [3.05, 3.63) is 87.5 Å². The Morgan fingerprint density at radius 3 is 2.45 bits per heavy atom. The quantitative estimate of drug-likeness (QED) is 0.581. The fourth-order valence-corrected chi connectivity index (χ4v) is 3.52. The van der Waals surface area contributed by atoms with E-state index in [4.69, 9.17) is 0 Å². The predicted molar refractivity (Wildman–Crippen MR) is 115 cm³/mol.